The molecule has 0 saturated carbocycles. The van der Waals surface area contributed by atoms with E-state index >= 15 is 0 Å². The number of fused-ring (bicyclic) bond motifs is 1. The van der Waals surface area contributed by atoms with E-state index in [1.165, 1.54) is 0 Å². The molecule has 5 nitrogen and oxygen atoms in total. The average Bonchev–Trinajstić information content (AvgIpc) is 3.01. The van der Waals surface area contributed by atoms with Gasteiger partial charge in [0, 0.05) is 24.9 Å². The molecule has 0 radical (unpaired) electrons. The van der Waals surface area contributed by atoms with Crippen molar-refractivity contribution in [2.24, 2.45) is 5.73 Å². The van der Waals surface area contributed by atoms with Crippen LogP contribution in [0.1, 0.15) is 27.3 Å². The Balaban J connectivity index is 1.52. The number of hydrogen-bond acceptors (Lipinski definition) is 4. The van der Waals surface area contributed by atoms with Crippen molar-refractivity contribution < 1.29 is 9.59 Å². The van der Waals surface area contributed by atoms with Gasteiger partial charge in [-0.05, 0) is 29.8 Å². The monoisotopic (exact) mass is 339 g/mol. The van der Waals surface area contributed by atoms with Crippen LogP contribution in [0, 0.1) is 0 Å². The number of amides is 2. The number of nitrogens with one attached hydrogen (secondary N) is 1. The highest BCUT2D eigenvalue weighted by atomic mass is 32.1. The molecule has 0 aliphatic heterocycles. The van der Waals surface area contributed by atoms with Gasteiger partial charge >= 0.3 is 0 Å². The van der Waals surface area contributed by atoms with Gasteiger partial charge in [-0.25, -0.2) is 4.98 Å². The maximum absolute atomic E-state index is 12.0. The van der Waals surface area contributed by atoms with Crippen molar-refractivity contribution in [1.82, 2.24) is 10.3 Å². The van der Waals surface area contributed by atoms with Crippen LogP contribution in [0.3, 0.4) is 0 Å². The molecule has 1 aromatic heterocycles. The molecule has 3 rings (SSSR count). The summed E-state index contributed by atoms with van der Waals surface area (Å²) in [5, 5.41) is 3.82. The van der Waals surface area contributed by atoms with Gasteiger partial charge in [0.25, 0.3) is 0 Å². The normalized spacial score (nSPS) is 10.7. The second-order valence-electron chi connectivity index (χ2n) is 5.42. The van der Waals surface area contributed by atoms with Gasteiger partial charge in [-0.15, -0.1) is 11.3 Å². The van der Waals surface area contributed by atoms with E-state index in [-0.39, 0.29) is 5.91 Å². The minimum Gasteiger partial charge on any atom is -0.366 e. The molecule has 0 fully saturated rings. The van der Waals surface area contributed by atoms with E-state index in [1.807, 2.05) is 30.3 Å². The van der Waals surface area contributed by atoms with Crippen LogP contribution in [-0.4, -0.2) is 16.8 Å². The van der Waals surface area contributed by atoms with E-state index in [1.54, 1.807) is 29.5 Å². The molecular weight excluding hydrogens is 322 g/mol. The number of benzene rings is 2. The molecule has 6 heteroatoms. The van der Waals surface area contributed by atoms with Crippen molar-refractivity contribution >= 4 is 33.4 Å². The van der Waals surface area contributed by atoms with Crippen LogP contribution >= 0.6 is 11.3 Å². The van der Waals surface area contributed by atoms with E-state index in [4.69, 9.17) is 5.73 Å². The second-order valence-corrected chi connectivity index (χ2v) is 6.53. The summed E-state index contributed by atoms with van der Waals surface area (Å²) in [5.41, 5.74) is 7.51. The summed E-state index contributed by atoms with van der Waals surface area (Å²) >= 11 is 1.62. The SMILES string of the molecule is NC(=O)c1cccc(CNC(=O)CCc2nc3ccccc3s2)c1. The highest BCUT2D eigenvalue weighted by Crippen LogP contribution is 2.22. The molecule has 0 unspecified atom stereocenters. The molecule has 1 heterocycles. The van der Waals surface area contributed by atoms with Crippen LogP contribution in [-0.2, 0) is 17.8 Å². The lowest BCUT2D eigenvalue weighted by atomic mass is 10.1. The lowest BCUT2D eigenvalue weighted by molar-refractivity contribution is -0.121. The van der Waals surface area contributed by atoms with Crippen molar-refractivity contribution in [2.45, 2.75) is 19.4 Å². The average molecular weight is 339 g/mol. The minimum atomic E-state index is -0.473. The van der Waals surface area contributed by atoms with E-state index in [0.29, 0.717) is 24.9 Å². The number of thiazole rings is 1. The molecule has 2 amide bonds. The maximum atomic E-state index is 12.0. The molecule has 0 aliphatic carbocycles. The van der Waals surface area contributed by atoms with Gasteiger partial charge in [-0.3, -0.25) is 9.59 Å². The van der Waals surface area contributed by atoms with Crippen molar-refractivity contribution in [3.05, 3.63) is 64.7 Å². The summed E-state index contributed by atoms with van der Waals surface area (Å²) in [6.45, 7) is 0.375. The third kappa shape index (κ3) is 3.97. The van der Waals surface area contributed by atoms with Crippen molar-refractivity contribution in [3.8, 4) is 0 Å². The molecule has 0 spiro atoms. The molecule has 0 saturated heterocycles. The number of carbonyl (C=O) groups is 2. The zero-order valence-electron chi connectivity index (χ0n) is 13.0. The van der Waals surface area contributed by atoms with Gasteiger partial charge in [0.2, 0.25) is 11.8 Å². The molecule has 3 N–H and O–H groups in total. The van der Waals surface area contributed by atoms with Gasteiger partial charge in [-0.2, -0.15) is 0 Å². The zero-order chi connectivity index (χ0) is 16.9. The van der Waals surface area contributed by atoms with Gasteiger partial charge < -0.3 is 11.1 Å². The topological polar surface area (TPSA) is 85.1 Å². The van der Waals surface area contributed by atoms with Gasteiger partial charge in [-0.1, -0.05) is 24.3 Å². The first-order chi connectivity index (χ1) is 11.6. The Morgan fingerprint density at radius 3 is 2.75 bits per heavy atom. The van der Waals surface area contributed by atoms with E-state index < -0.39 is 5.91 Å². The number of nitrogens with two attached hydrogens (primary N) is 1. The lowest BCUT2D eigenvalue weighted by Crippen LogP contribution is -2.23. The number of carbonyl (C=O) groups excluding carboxylic acids is 2. The fourth-order valence-electron chi connectivity index (χ4n) is 2.37. The predicted molar refractivity (Wildman–Crippen MR) is 94.7 cm³/mol. The largest absolute Gasteiger partial charge is 0.366 e. The van der Waals surface area contributed by atoms with Crippen LogP contribution < -0.4 is 11.1 Å². The minimum absolute atomic E-state index is 0.0428. The lowest BCUT2D eigenvalue weighted by Gasteiger charge is -2.05. The molecular formula is C18H17N3O2S. The van der Waals surface area contributed by atoms with Crippen LogP contribution in [0.5, 0.6) is 0 Å². The number of para-hydroxylation sites is 1. The van der Waals surface area contributed by atoms with Crippen LogP contribution in [0.4, 0.5) is 0 Å². The predicted octanol–water partition coefficient (Wildman–Crippen LogP) is 2.64. The summed E-state index contributed by atoms with van der Waals surface area (Å²) in [5.74, 6) is -0.516. The summed E-state index contributed by atoms with van der Waals surface area (Å²) in [7, 11) is 0. The number of hydrogen-bond donors (Lipinski definition) is 2. The number of primary amides is 1. The summed E-state index contributed by atoms with van der Waals surface area (Å²) in [6, 6.07) is 14.9. The maximum Gasteiger partial charge on any atom is 0.248 e. The quantitative estimate of drug-likeness (QED) is 0.724. The zero-order valence-corrected chi connectivity index (χ0v) is 13.8. The number of aryl methyl sites for hydroxylation is 1. The van der Waals surface area contributed by atoms with E-state index in [9.17, 15) is 9.59 Å². The Hall–Kier alpha value is -2.73. The molecule has 3 aromatic rings. The summed E-state index contributed by atoms with van der Waals surface area (Å²) < 4.78 is 1.14. The Labute approximate surface area is 143 Å². The molecule has 0 bridgehead atoms. The molecule has 24 heavy (non-hydrogen) atoms. The van der Waals surface area contributed by atoms with Crippen LogP contribution in [0.15, 0.2) is 48.5 Å². The van der Waals surface area contributed by atoms with E-state index in [2.05, 4.69) is 10.3 Å². The number of nitrogens with zero attached hydrogens (tertiary/aromatic N) is 1. The van der Waals surface area contributed by atoms with Crippen molar-refractivity contribution in [3.63, 3.8) is 0 Å². The standard InChI is InChI=1S/C18H17N3O2S/c19-18(23)13-5-3-4-12(10-13)11-20-16(22)8-9-17-21-14-6-1-2-7-15(14)24-17/h1-7,10H,8-9,11H2,(H2,19,23)(H,20,22). The second kappa shape index (κ2) is 7.23. The fraction of sp³-hybridized carbons (Fsp3) is 0.167. The highest BCUT2D eigenvalue weighted by Gasteiger charge is 2.07. The van der Waals surface area contributed by atoms with E-state index in [0.717, 1.165) is 20.8 Å². The van der Waals surface area contributed by atoms with Gasteiger partial charge in [0.1, 0.15) is 0 Å². The molecule has 2 aromatic carbocycles. The van der Waals surface area contributed by atoms with Crippen molar-refractivity contribution in [2.75, 3.05) is 0 Å². The number of rotatable bonds is 6. The first kappa shape index (κ1) is 16.1. The first-order valence-electron chi connectivity index (χ1n) is 7.62. The third-order valence-electron chi connectivity index (χ3n) is 3.61. The molecule has 0 aliphatic rings. The third-order valence-corrected chi connectivity index (χ3v) is 4.70. The smallest absolute Gasteiger partial charge is 0.248 e. The van der Waals surface area contributed by atoms with Crippen LogP contribution in [0.25, 0.3) is 10.2 Å². The molecule has 122 valence electrons. The van der Waals surface area contributed by atoms with Crippen LogP contribution in [0.2, 0.25) is 0 Å². The van der Waals surface area contributed by atoms with Crippen molar-refractivity contribution in [1.29, 1.82) is 0 Å². The Bertz CT molecular complexity index is 856. The fourth-order valence-corrected chi connectivity index (χ4v) is 3.34. The summed E-state index contributed by atoms with van der Waals surface area (Å²) in [6.07, 6.45) is 1.00. The first-order valence-corrected chi connectivity index (χ1v) is 8.43. The Morgan fingerprint density at radius 1 is 1.12 bits per heavy atom. The highest BCUT2D eigenvalue weighted by molar-refractivity contribution is 7.18. The van der Waals surface area contributed by atoms with Gasteiger partial charge in [0.05, 0.1) is 15.2 Å². The molecule has 0 atom stereocenters. The number of aromatic nitrogens is 1. The summed E-state index contributed by atoms with van der Waals surface area (Å²) in [4.78, 5) is 27.7. The van der Waals surface area contributed by atoms with Gasteiger partial charge in [0.15, 0.2) is 0 Å². The Kier molecular flexibility index (Phi) is 4.86. The Morgan fingerprint density at radius 2 is 1.96 bits per heavy atom.